The van der Waals surface area contributed by atoms with Gasteiger partial charge in [0, 0.05) is 63.2 Å². The number of morpholine rings is 1. The highest BCUT2D eigenvalue weighted by Crippen LogP contribution is 2.48. The highest BCUT2D eigenvalue weighted by molar-refractivity contribution is 5.77. The maximum absolute atomic E-state index is 12.8. The van der Waals surface area contributed by atoms with Crippen LogP contribution in [-0.4, -0.2) is 85.2 Å². The Hall–Kier alpha value is -1.73. The molecule has 3 aliphatic heterocycles. The normalized spacial score (nSPS) is 27.6. The second-order valence-corrected chi connectivity index (χ2v) is 9.60. The highest BCUT2D eigenvalue weighted by atomic mass is 16.5. The first kappa shape index (κ1) is 19.2. The standard InChI is InChI=1S/C22H33N5O2/c1-25-13-18(19-6-7-23-21(24-19)26-8-10-29-11-9-26)22(14-25)15-27(16-22)20(28)12-17-4-2-3-5-17/h6-7,17-18H,2-5,8-16H2,1H3. The van der Waals surface area contributed by atoms with Crippen LogP contribution in [0.15, 0.2) is 12.3 Å². The summed E-state index contributed by atoms with van der Waals surface area (Å²) in [7, 11) is 2.19. The van der Waals surface area contributed by atoms with Gasteiger partial charge in [0.1, 0.15) is 0 Å². The van der Waals surface area contributed by atoms with Gasteiger partial charge in [-0.15, -0.1) is 0 Å². The molecular formula is C22H33N5O2. The second-order valence-electron chi connectivity index (χ2n) is 9.60. The number of aromatic nitrogens is 2. The summed E-state index contributed by atoms with van der Waals surface area (Å²) in [5.74, 6) is 2.18. The number of nitrogens with zero attached hydrogens (tertiary/aromatic N) is 5. The van der Waals surface area contributed by atoms with Crippen LogP contribution >= 0.6 is 0 Å². The van der Waals surface area contributed by atoms with E-state index in [-0.39, 0.29) is 5.41 Å². The van der Waals surface area contributed by atoms with Gasteiger partial charge >= 0.3 is 0 Å². The summed E-state index contributed by atoms with van der Waals surface area (Å²) >= 11 is 0. The number of likely N-dealkylation sites (N-methyl/N-ethyl adjacent to an activating group) is 1. The van der Waals surface area contributed by atoms with E-state index in [1.807, 2.05) is 6.20 Å². The molecule has 1 aliphatic carbocycles. The molecule has 29 heavy (non-hydrogen) atoms. The van der Waals surface area contributed by atoms with E-state index >= 15 is 0 Å². The lowest BCUT2D eigenvalue weighted by Crippen LogP contribution is -2.61. The molecule has 7 heteroatoms. The molecule has 1 aromatic rings. The molecule has 4 fully saturated rings. The molecule has 7 nitrogen and oxygen atoms in total. The first-order valence-electron chi connectivity index (χ1n) is 11.2. The summed E-state index contributed by atoms with van der Waals surface area (Å²) in [4.78, 5) is 29.0. The van der Waals surface area contributed by atoms with E-state index < -0.39 is 0 Å². The zero-order valence-electron chi connectivity index (χ0n) is 17.6. The molecule has 4 aliphatic rings. The smallest absolute Gasteiger partial charge is 0.225 e. The maximum Gasteiger partial charge on any atom is 0.225 e. The van der Waals surface area contributed by atoms with Crippen LogP contribution in [0.5, 0.6) is 0 Å². The van der Waals surface area contributed by atoms with Gasteiger partial charge in [0.2, 0.25) is 11.9 Å². The molecule has 0 bridgehead atoms. The average molecular weight is 400 g/mol. The molecule has 0 aromatic carbocycles. The molecule has 3 saturated heterocycles. The second kappa shape index (κ2) is 7.84. The molecule has 1 aromatic heterocycles. The molecule has 5 rings (SSSR count). The van der Waals surface area contributed by atoms with E-state index in [2.05, 4.69) is 32.8 Å². The number of carbonyl (C=O) groups is 1. The fourth-order valence-corrected chi connectivity index (χ4v) is 5.90. The van der Waals surface area contributed by atoms with Crippen LogP contribution in [-0.2, 0) is 9.53 Å². The average Bonchev–Trinajstić information content (AvgIpc) is 3.35. The van der Waals surface area contributed by atoms with Crippen molar-refractivity contribution in [2.45, 2.75) is 38.0 Å². The lowest BCUT2D eigenvalue weighted by Gasteiger charge is -2.51. The van der Waals surface area contributed by atoms with Gasteiger partial charge in [-0.2, -0.15) is 0 Å². The molecule has 1 unspecified atom stereocenters. The fraction of sp³-hybridized carbons (Fsp3) is 0.773. The van der Waals surface area contributed by atoms with Crippen LogP contribution in [0.1, 0.15) is 43.7 Å². The van der Waals surface area contributed by atoms with Gasteiger partial charge in [-0.05, 0) is 31.9 Å². The van der Waals surface area contributed by atoms with Crippen molar-refractivity contribution in [3.05, 3.63) is 18.0 Å². The minimum Gasteiger partial charge on any atom is -0.378 e. The Morgan fingerprint density at radius 2 is 1.97 bits per heavy atom. The monoisotopic (exact) mass is 399 g/mol. The number of hydrogen-bond donors (Lipinski definition) is 0. The van der Waals surface area contributed by atoms with Crippen molar-refractivity contribution in [2.75, 3.05) is 64.4 Å². The van der Waals surface area contributed by atoms with Crippen molar-refractivity contribution in [1.29, 1.82) is 0 Å². The number of hydrogen-bond acceptors (Lipinski definition) is 6. The summed E-state index contributed by atoms with van der Waals surface area (Å²) in [6.45, 7) is 6.98. The molecule has 1 spiro atoms. The SMILES string of the molecule is CN1CC(c2ccnc(N3CCOCC3)n2)C2(C1)CN(C(=O)CC1CCCC1)C2. The topological polar surface area (TPSA) is 61.8 Å². The summed E-state index contributed by atoms with van der Waals surface area (Å²) in [6.07, 6.45) is 7.73. The molecule has 1 atom stereocenters. The molecule has 158 valence electrons. The van der Waals surface area contributed by atoms with E-state index in [4.69, 9.17) is 9.72 Å². The van der Waals surface area contributed by atoms with E-state index in [1.165, 1.54) is 25.7 Å². The largest absolute Gasteiger partial charge is 0.378 e. The number of ether oxygens (including phenoxy) is 1. The van der Waals surface area contributed by atoms with E-state index in [0.717, 1.165) is 70.5 Å². The third-order valence-corrected chi connectivity index (χ3v) is 7.44. The van der Waals surface area contributed by atoms with Crippen molar-refractivity contribution >= 4 is 11.9 Å². The number of likely N-dealkylation sites (tertiary alicyclic amines) is 2. The lowest BCUT2D eigenvalue weighted by molar-refractivity contribution is -0.144. The van der Waals surface area contributed by atoms with Crippen LogP contribution in [0.4, 0.5) is 5.95 Å². The van der Waals surface area contributed by atoms with Gasteiger partial charge in [0.25, 0.3) is 0 Å². The Balaban J connectivity index is 1.28. The van der Waals surface area contributed by atoms with Crippen LogP contribution < -0.4 is 4.90 Å². The summed E-state index contributed by atoms with van der Waals surface area (Å²) in [6, 6.07) is 2.08. The molecule has 0 radical (unpaired) electrons. The van der Waals surface area contributed by atoms with Crippen LogP contribution in [0.2, 0.25) is 0 Å². The van der Waals surface area contributed by atoms with Crippen molar-refractivity contribution in [3.8, 4) is 0 Å². The molecule has 0 N–H and O–H groups in total. The Labute approximate surface area is 173 Å². The van der Waals surface area contributed by atoms with E-state index in [9.17, 15) is 4.79 Å². The van der Waals surface area contributed by atoms with Crippen molar-refractivity contribution in [3.63, 3.8) is 0 Å². The Morgan fingerprint density at radius 1 is 1.21 bits per heavy atom. The van der Waals surface area contributed by atoms with E-state index in [1.54, 1.807) is 0 Å². The van der Waals surface area contributed by atoms with Gasteiger partial charge in [-0.3, -0.25) is 4.79 Å². The molecular weight excluding hydrogens is 366 g/mol. The molecule has 1 amide bonds. The van der Waals surface area contributed by atoms with E-state index in [0.29, 0.717) is 17.7 Å². The van der Waals surface area contributed by atoms with Crippen molar-refractivity contribution in [1.82, 2.24) is 19.8 Å². The predicted octanol–water partition coefficient (Wildman–Crippen LogP) is 1.75. The zero-order valence-corrected chi connectivity index (χ0v) is 17.6. The zero-order chi connectivity index (χ0) is 19.8. The number of anilines is 1. The summed E-state index contributed by atoms with van der Waals surface area (Å²) < 4.78 is 5.47. The van der Waals surface area contributed by atoms with Crippen LogP contribution in [0, 0.1) is 11.3 Å². The molecule has 4 heterocycles. The fourth-order valence-electron chi connectivity index (χ4n) is 5.90. The lowest BCUT2D eigenvalue weighted by atomic mass is 9.70. The minimum atomic E-state index is 0.150. The van der Waals surface area contributed by atoms with Gasteiger partial charge in [-0.1, -0.05) is 12.8 Å². The first-order chi connectivity index (χ1) is 14.1. The first-order valence-corrected chi connectivity index (χ1v) is 11.2. The number of rotatable bonds is 4. The maximum atomic E-state index is 12.8. The minimum absolute atomic E-state index is 0.150. The van der Waals surface area contributed by atoms with Crippen molar-refractivity contribution in [2.24, 2.45) is 11.3 Å². The van der Waals surface area contributed by atoms with Gasteiger partial charge in [-0.25, -0.2) is 9.97 Å². The third-order valence-electron chi connectivity index (χ3n) is 7.44. The van der Waals surface area contributed by atoms with Gasteiger partial charge < -0.3 is 19.4 Å². The van der Waals surface area contributed by atoms with Crippen LogP contribution in [0.25, 0.3) is 0 Å². The number of carbonyl (C=O) groups excluding carboxylic acids is 1. The summed E-state index contributed by atoms with van der Waals surface area (Å²) in [5, 5.41) is 0. The Morgan fingerprint density at radius 3 is 2.72 bits per heavy atom. The Bertz CT molecular complexity index is 738. The highest BCUT2D eigenvalue weighted by Gasteiger charge is 2.55. The predicted molar refractivity (Wildman–Crippen MR) is 111 cm³/mol. The van der Waals surface area contributed by atoms with Crippen molar-refractivity contribution < 1.29 is 9.53 Å². The number of amides is 1. The Kier molecular flexibility index (Phi) is 5.20. The van der Waals surface area contributed by atoms with Gasteiger partial charge in [0.05, 0.1) is 18.9 Å². The summed E-state index contributed by atoms with van der Waals surface area (Å²) in [5.41, 5.74) is 1.28. The molecule has 1 saturated carbocycles. The third kappa shape index (κ3) is 3.75. The quantitative estimate of drug-likeness (QED) is 0.769. The van der Waals surface area contributed by atoms with Gasteiger partial charge in [0.15, 0.2) is 0 Å². The van der Waals surface area contributed by atoms with Crippen LogP contribution in [0.3, 0.4) is 0 Å².